The number of hydrogen-bond donors (Lipinski definition) is 2. The Morgan fingerprint density at radius 1 is 1.17 bits per heavy atom. The van der Waals surface area contributed by atoms with E-state index in [1.165, 1.54) is 24.3 Å². The van der Waals surface area contributed by atoms with Crippen LogP contribution in [0.15, 0.2) is 41.5 Å². The summed E-state index contributed by atoms with van der Waals surface area (Å²) in [6.07, 6.45) is 9.29. The van der Waals surface area contributed by atoms with Gasteiger partial charge in [0.1, 0.15) is 17.4 Å². The molecule has 0 bridgehead atoms. The van der Waals surface area contributed by atoms with E-state index in [9.17, 15) is 14.4 Å². The number of nitrogens with one attached hydrogen (secondary N) is 2. The van der Waals surface area contributed by atoms with Crippen LogP contribution in [0.5, 0.6) is 11.5 Å². The van der Waals surface area contributed by atoms with E-state index in [-0.39, 0.29) is 39.7 Å². The Balaban J connectivity index is 1.02. The summed E-state index contributed by atoms with van der Waals surface area (Å²) in [5.41, 5.74) is 1.29. The maximum absolute atomic E-state index is 14.9. The van der Waals surface area contributed by atoms with E-state index in [2.05, 4.69) is 26.0 Å². The van der Waals surface area contributed by atoms with Gasteiger partial charge in [0.15, 0.2) is 11.6 Å². The smallest absolute Gasteiger partial charge is 0.261 e. The van der Waals surface area contributed by atoms with Gasteiger partial charge in [0.2, 0.25) is 0 Å². The number of ether oxygens (including phenoxy) is 2. The molecule has 3 aliphatic heterocycles. The topological polar surface area (TPSA) is 108 Å². The predicted molar refractivity (Wildman–Crippen MR) is 177 cm³/mol. The second-order valence-corrected chi connectivity index (χ2v) is 14.5. The number of anilines is 1. The Hall–Kier alpha value is -3.21. The first kappa shape index (κ1) is 31.4. The quantitative estimate of drug-likeness (QED) is 0.307. The molecular formula is C34H42FN7O3S. The highest BCUT2D eigenvalue weighted by atomic mass is 32.2. The number of likely N-dealkylation sites (tertiary alicyclic amines) is 1. The zero-order valence-corrected chi connectivity index (χ0v) is 27.4. The van der Waals surface area contributed by atoms with E-state index in [1.54, 1.807) is 29.1 Å². The predicted octanol–water partition coefficient (Wildman–Crippen LogP) is 5.45. The number of aromatic nitrogens is 2. The van der Waals surface area contributed by atoms with Crippen molar-refractivity contribution in [3.63, 3.8) is 0 Å². The third-order valence-corrected chi connectivity index (χ3v) is 11.6. The lowest BCUT2D eigenvalue weighted by molar-refractivity contribution is -0.0278. The fourth-order valence-corrected chi connectivity index (χ4v) is 8.35. The van der Waals surface area contributed by atoms with Gasteiger partial charge in [-0.1, -0.05) is 6.92 Å². The summed E-state index contributed by atoms with van der Waals surface area (Å²) in [5.74, 6) is -0.565. The van der Waals surface area contributed by atoms with Crippen LogP contribution in [0.4, 0.5) is 10.1 Å². The molecule has 12 heteroatoms. The van der Waals surface area contributed by atoms with Gasteiger partial charge in [-0.15, -0.1) is 0 Å². The molecule has 4 aliphatic rings. The van der Waals surface area contributed by atoms with E-state index in [0.717, 1.165) is 84.3 Å². The molecule has 244 valence electrons. The van der Waals surface area contributed by atoms with Gasteiger partial charge in [-0.2, -0.15) is 5.26 Å². The highest BCUT2D eigenvalue weighted by molar-refractivity contribution is 7.98. The van der Waals surface area contributed by atoms with Crippen LogP contribution in [0.2, 0.25) is 0 Å². The van der Waals surface area contributed by atoms with Crippen LogP contribution >= 0.6 is 12.1 Å². The van der Waals surface area contributed by atoms with Crippen molar-refractivity contribution in [3.05, 3.63) is 58.4 Å². The van der Waals surface area contributed by atoms with Crippen molar-refractivity contribution in [3.8, 4) is 17.6 Å². The van der Waals surface area contributed by atoms with E-state index >= 15 is 0 Å². The Morgan fingerprint density at radius 2 is 1.96 bits per heavy atom. The monoisotopic (exact) mass is 647 g/mol. The van der Waals surface area contributed by atoms with Gasteiger partial charge in [0.05, 0.1) is 35.1 Å². The number of nitriles is 1. The molecule has 2 aromatic carbocycles. The number of hydrogen-bond acceptors (Lipinski definition) is 10. The summed E-state index contributed by atoms with van der Waals surface area (Å²) < 4.78 is 34.1. The molecule has 1 saturated carbocycles. The summed E-state index contributed by atoms with van der Waals surface area (Å²) >= 11 is 1.31. The maximum Gasteiger partial charge on any atom is 0.261 e. The Morgan fingerprint density at radius 3 is 2.70 bits per heavy atom. The molecule has 1 aliphatic carbocycles. The number of nitrogens with zero attached hydrogens (tertiary/aromatic N) is 5. The lowest BCUT2D eigenvalue weighted by Crippen LogP contribution is -2.51. The molecule has 0 radical (unpaired) electrons. The third kappa shape index (κ3) is 6.00. The van der Waals surface area contributed by atoms with Gasteiger partial charge >= 0.3 is 0 Å². The van der Waals surface area contributed by atoms with Crippen molar-refractivity contribution < 1.29 is 13.9 Å². The number of fused-ring (bicyclic) bond motifs is 1. The molecule has 1 unspecified atom stereocenters. The van der Waals surface area contributed by atoms with Crippen LogP contribution in [0.3, 0.4) is 0 Å². The minimum Gasteiger partial charge on any atom is -0.453 e. The van der Waals surface area contributed by atoms with Gasteiger partial charge < -0.3 is 19.5 Å². The van der Waals surface area contributed by atoms with Crippen molar-refractivity contribution in [1.29, 1.82) is 5.26 Å². The van der Waals surface area contributed by atoms with Gasteiger partial charge in [0, 0.05) is 30.8 Å². The number of rotatable bonds is 8. The molecule has 1 atom stereocenters. The number of benzene rings is 2. The van der Waals surface area contributed by atoms with E-state index in [1.807, 2.05) is 18.3 Å². The second-order valence-electron chi connectivity index (χ2n) is 13.5. The van der Waals surface area contributed by atoms with Gasteiger partial charge in [0.25, 0.3) is 5.56 Å². The standard InChI is InChI=1S/C34H42FN7O3S/c1-3-40(2)46-39-30-7-5-28(35)31(27(30)20-36)45-25-4-6-29-26(16-25)32(43)42(22-38-29)23-17-33(18-23)10-14-41(15-11-33)24-19-34(44-21-24)8-12-37-13-9-34/h4-7,16,22-24,37,39H,3,8-15,17-19,21H2,1-2H3. The Bertz CT molecular complexity index is 1690. The first-order valence-corrected chi connectivity index (χ1v) is 17.2. The number of piperidine rings is 2. The minimum atomic E-state index is -0.656. The van der Waals surface area contributed by atoms with Crippen LogP contribution in [0.1, 0.15) is 63.5 Å². The normalized spacial score (nSPS) is 22.7. The average molecular weight is 648 g/mol. The highest BCUT2D eigenvalue weighted by Crippen LogP contribution is 2.55. The number of halogens is 1. The largest absolute Gasteiger partial charge is 0.453 e. The molecular weight excluding hydrogens is 605 g/mol. The first-order chi connectivity index (χ1) is 22.3. The summed E-state index contributed by atoms with van der Waals surface area (Å²) in [6.45, 7) is 7.92. The molecule has 10 nitrogen and oxygen atoms in total. The average Bonchev–Trinajstić information content (AvgIpc) is 3.47. The maximum atomic E-state index is 14.9. The summed E-state index contributed by atoms with van der Waals surface area (Å²) in [4.78, 5) is 21.0. The lowest BCUT2D eigenvalue weighted by Gasteiger charge is -2.53. The molecule has 46 heavy (non-hydrogen) atoms. The molecule has 3 saturated heterocycles. The Kier molecular flexibility index (Phi) is 8.71. The van der Waals surface area contributed by atoms with Crippen molar-refractivity contribution in [1.82, 2.24) is 24.1 Å². The summed E-state index contributed by atoms with van der Waals surface area (Å²) in [5, 5.41) is 13.7. The van der Waals surface area contributed by atoms with Crippen LogP contribution in [0.25, 0.3) is 10.9 Å². The zero-order chi connectivity index (χ0) is 31.9. The fraction of sp³-hybridized carbons (Fsp3) is 0.559. The molecule has 4 fully saturated rings. The molecule has 4 heterocycles. The molecule has 3 aromatic rings. The summed E-state index contributed by atoms with van der Waals surface area (Å²) in [6, 6.07) is 10.4. The van der Waals surface area contributed by atoms with E-state index < -0.39 is 5.82 Å². The zero-order valence-electron chi connectivity index (χ0n) is 26.6. The van der Waals surface area contributed by atoms with Gasteiger partial charge in [-0.25, -0.2) is 13.7 Å². The summed E-state index contributed by atoms with van der Waals surface area (Å²) in [7, 11) is 1.91. The van der Waals surface area contributed by atoms with Crippen LogP contribution in [0, 0.1) is 22.6 Å². The molecule has 0 amide bonds. The molecule has 1 aromatic heterocycles. The molecule has 7 rings (SSSR count). The SMILES string of the molecule is CCN(C)SNc1ccc(F)c(Oc2ccc3ncn(C4CC5(CCN(C6COC7(CCNCC7)C6)CC5)C4)c(=O)c3c2)c1C#N. The second kappa shape index (κ2) is 12.8. The van der Waals surface area contributed by atoms with Gasteiger partial charge in [-0.05, 0) is 114 Å². The van der Waals surface area contributed by atoms with Crippen molar-refractivity contribution in [2.75, 3.05) is 51.1 Å². The van der Waals surface area contributed by atoms with Crippen molar-refractivity contribution in [2.24, 2.45) is 5.41 Å². The van der Waals surface area contributed by atoms with Gasteiger partial charge in [-0.3, -0.25) is 14.3 Å². The third-order valence-electron chi connectivity index (χ3n) is 10.8. The van der Waals surface area contributed by atoms with E-state index in [4.69, 9.17) is 9.47 Å². The minimum absolute atomic E-state index is 0.0535. The molecule has 2 N–H and O–H groups in total. The van der Waals surface area contributed by atoms with Crippen LogP contribution in [-0.2, 0) is 4.74 Å². The van der Waals surface area contributed by atoms with Crippen LogP contribution in [-0.4, -0.2) is 76.8 Å². The van der Waals surface area contributed by atoms with Crippen molar-refractivity contribution in [2.45, 2.75) is 69.6 Å². The lowest BCUT2D eigenvalue weighted by atomic mass is 9.60. The van der Waals surface area contributed by atoms with Crippen molar-refractivity contribution >= 4 is 28.7 Å². The fourth-order valence-electron chi connectivity index (χ4n) is 7.80. The first-order valence-electron chi connectivity index (χ1n) is 16.5. The Labute approximate surface area is 273 Å². The van der Waals surface area contributed by atoms with E-state index in [0.29, 0.717) is 22.6 Å². The highest BCUT2D eigenvalue weighted by Gasteiger charge is 2.49. The molecule has 2 spiro atoms. The van der Waals surface area contributed by atoms with Crippen LogP contribution < -0.4 is 20.3 Å².